The third kappa shape index (κ3) is 3.39. The van der Waals surface area contributed by atoms with E-state index in [2.05, 4.69) is 113 Å². The van der Waals surface area contributed by atoms with E-state index in [4.69, 9.17) is 0 Å². The van der Waals surface area contributed by atoms with Crippen LogP contribution in [0, 0.1) is 27.7 Å². The topological polar surface area (TPSA) is 0 Å². The predicted molar refractivity (Wildman–Crippen MR) is 122 cm³/mol. The van der Waals surface area contributed by atoms with Crippen LogP contribution in [0.1, 0.15) is 22.3 Å². The summed E-state index contributed by atoms with van der Waals surface area (Å²) in [6.45, 7) is 8.76. The van der Waals surface area contributed by atoms with Gasteiger partial charge in [0.2, 0.25) is 0 Å². The zero-order valence-electron chi connectivity index (χ0n) is 17.1. The van der Waals surface area contributed by atoms with Crippen molar-refractivity contribution < 1.29 is 0 Å². The molecule has 0 fully saturated rings. The molecule has 4 rings (SSSR count). The van der Waals surface area contributed by atoms with Gasteiger partial charge in [-0.1, -0.05) is 78.9 Å². The Morgan fingerprint density at radius 2 is 0.821 bits per heavy atom. The van der Waals surface area contributed by atoms with Crippen molar-refractivity contribution in [3.63, 3.8) is 0 Å². The molecule has 0 bridgehead atoms. The van der Waals surface area contributed by atoms with Crippen LogP contribution in [0.15, 0.2) is 84.9 Å². The Morgan fingerprint density at radius 1 is 0.357 bits per heavy atom. The van der Waals surface area contributed by atoms with Gasteiger partial charge in [-0.15, -0.1) is 0 Å². The van der Waals surface area contributed by atoms with E-state index in [-0.39, 0.29) is 0 Å². The standard InChI is InChI=1S/C28H26/c1-19-9-5-7-11-25(19)27-16-15-23(17-22(27)4)24-14-13-21(3)28(18-24)26-12-8-6-10-20(26)2/h5-18H,1-4H3. The van der Waals surface area contributed by atoms with Gasteiger partial charge in [0.1, 0.15) is 0 Å². The van der Waals surface area contributed by atoms with Gasteiger partial charge in [0.05, 0.1) is 0 Å². The summed E-state index contributed by atoms with van der Waals surface area (Å²) in [4.78, 5) is 0. The zero-order valence-corrected chi connectivity index (χ0v) is 17.1. The second kappa shape index (κ2) is 7.48. The maximum atomic E-state index is 2.33. The maximum absolute atomic E-state index is 2.33. The van der Waals surface area contributed by atoms with Gasteiger partial charge in [0.25, 0.3) is 0 Å². The van der Waals surface area contributed by atoms with Gasteiger partial charge in [0.15, 0.2) is 0 Å². The molecule has 0 N–H and O–H groups in total. The lowest BCUT2D eigenvalue weighted by molar-refractivity contribution is 1.39. The predicted octanol–water partition coefficient (Wildman–Crippen LogP) is 7.92. The Morgan fingerprint density at radius 3 is 1.43 bits per heavy atom. The number of hydrogen-bond acceptors (Lipinski definition) is 0. The molecule has 0 heterocycles. The molecule has 0 unspecified atom stereocenters. The highest BCUT2D eigenvalue weighted by Gasteiger charge is 2.10. The van der Waals surface area contributed by atoms with Crippen LogP contribution in [0.5, 0.6) is 0 Å². The fourth-order valence-corrected chi connectivity index (χ4v) is 3.99. The quantitative estimate of drug-likeness (QED) is 0.347. The van der Waals surface area contributed by atoms with E-state index in [0.29, 0.717) is 0 Å². The Balaban J connectivity index is 1.78. The molecule has 0 aliphatic heterocycles. The molecule has 28 heavy (non-hydrogen) atoms. The molecule has 0 atom stereocenters. The van der Waals surface area contributed by atoms with Crippen LogP contribution in [0.4, 0.5) is 0 Å². The fraction of sp³-hybridized carbons (Fsp3) is 0.143. The van der Waals surface area contributed by atoms with Gasteiger partial charge in [-0.3, -0.25) is 0 Å². The summed E-state index contributed by atoms with van der Waals surface area (Å²) in [5, 5.41) is 0. The summed E-state index contributed by atoms with van der Waals surface area (Å²) >= 11 is 0. The molecule has 0 aliphatic carbocycles. The molecular formula is C28H26. The van der Waals surface area contributed by atoms with Crippen LogP contribution in [-0.2, 0) is 0 Å². The summed E-state index contributed by atoms with van der Waals surface area (Å²) < 4.78 is 0. The summed E-state index contributed by atoms with van der Waals surface area (Å²) in [5.74, 6) is 0. The van der Waals surface area contributed by atoms with Crippen molar-refractivity contribution in [3.05, 3.63) is 107 Å². The van der Waals surface area contributed by atoms with Crippen LogP contribution in [0.3, 0.4) is 0 Å². The lowest BCUT2D eigenvalue weighted by Gasteiger charge is -2.14. The smallest absolute Gasteiger partial charge is 0.0146 e. The van der Waals surface area contributed by atoms with Crippen LogP contribution in [0.25, 0.3) is 33.4 Å². The summed E-state index contributed by atoms with van der Waals surface area (Å²) in [5.41, 5.74) is 13.0. The molecule has 0 amide bonds. The monoisotopic (exact) mass is 362 g/mol. The third-order valence-corrected chi connectivity index (χ3v) is 5.67. The zero-order chi connectivity index (χ0) is 19.7. The Kier molecular flexibility index (Phi) is 4.88. The van der Waals surface area contributed by atoms with Crippen molar-refractivity contribution in [2.45, 2.75) is 27.7 Å². The van der Waals surface area contributed by atoms with Crippen molar-refractivity contribution in [1.29, 1.82) is 0 Å². The van der Waals surface area contributed by atoms with E-state index in [1.807, 2.05) is 0 Å². The van der Waals surface area contributed by atoms with E-state index in [0.717, 1.165) is 0 Å². The number of aryl methyl sites for hydroxylation is 4. The maximum Gasteiger partial charge on any atom is -0.0146 e. The van der Waals surface area contributed by atoms with E-state index < -0.39 is 0 Å². The Bertz CT molecular complexity index is 1150. The number of rotatable bonds is 3. The highest BCUT2D eigenvalue weighted by molar-refractivity contribution is 5.79. The van der Waals surface area contributed by atoms with Crippen molar-refractivity contribution in [2.24, 2.45) is 0 Å². The molecule has 0 saturated heterocycles. The molecule has 0 aromatic heterocycles. The lowest BCUT2D eigenvalue weighted by atomic mass is 9.90. The van der Waals surface area contributed by atoms with Crippen molar-refractivity contribution >= 4 is 0 Å². The fourth-order valence-electron chi connectivity index (χ4n) is 3.99. The number of hydrogen-bond donors (Lipinski definition) is 0. The van der Waals surface area contributed by atoms with Gasteiger partial charge >= 0.3 is 0 Å². The summed E-state index contributed by atoms with van der Waals surface area (Å²) in [6.07, 6.45) is 0. The minimum Gasteiger partial charge on any atom is -0.0620 e. The molecule has 4 aromatic carbocycles. The summed E-state index contributed by atoms with van der Waals surface area (Å²) in [7, 11) is 0. The van der Waals surface area contributed by atoms with Gasteiger partial charge in [-0.25, -0.2) is 0 Å². The van der Waals surface area contributed by atoms with Gasteiger partial charge < -0.3 is 0 Å². The van der Waals surface area contributed by atoms with Crippen LogP contribution >= 0.6 is 0 Å². The third-order valence-electron chi connectivity index (χ3n) is 5.67. The van der Waals surface area contributed by atoms with Crippen molar-refractivity contribution in [3.8, 4) is 33.4 Å². The molecule has 4 aromatic rings. The van der Waals surface area contributed by atoms with Crippen molar-refractivity contribution in [2.75, 3.05) is 0 Å². The lowest BCUT2D eigenvalue weighted by Crippen LogP contribution is -1.90. The highest BCUT2D eigenvalue weighted by atomic mass is 14.1. The molecule has 0 aliphatic rings. The SMILES string of the molecule is Cc1ccccc1-c1ccc(-c2ccc(C)c(-c3ccccc3C)c2)cc1C. The van der Waals surface area contributed by atoms with Crippen LogP contribution in [-0.4, -0.2) is 0 Å². The van der Waals surface area contributed by atoms with Crippen LogP contribution in [0.2, 0.25) is 0 Å². The second-order valence-corrected chi connectivity index (χ2v) is 7.69. The largest absolute Gasteiger partial charge is 0.0620 e. The molecular weight excluding hydrogens is 336 g/mol. The molecule has 0 heteroatoms. The van der Waals surface area contributed by atoms with E-state index in [1.54, 1.807) is 0 Å². The average Bonchev–Trinajstić information content (AvgIpc) is 2.70. The average molecular weight is 363 g/mol. The number of benzene rings is 4. The highest BCUT2D eigenvalue weighted by Crippen LogP contribution is 2.34. The Labute approximate surface area is 168 Å². The van der Waals surface area contributed by atoms with E-state index >= 15 is 0 Å². The minimum atomic E-state index is 1.27. The molecule has 0 saturated carbocycles. The molecule has 0 spiro atoms. The van der Waals surface area contributed by atoms with E-state index in [9.17, 15) is 0 Å². The first-order valence-electron chi connectivity index (χ1n) is 9.88. The first-order valence-corrected chi connectivity index (χ1v) is 9.88. The normalized spacial score (nSPS) is 10.9. The first kappa shape index (κ1) is 18.3. The molecule has 0 nitrogen and oxygen atoms in total. The molecule has 138 valence electrons. The van der Waals surface area contributed by atoms with Gasteiger partial charge in [0, 0.05) is 0 Å². The van der Waals surface area contributed by atoms with Gasteiger partial charge in [-0.2, -0.15) is 0 Å². The van der Waals surface area contributed by atoms with Crippen LogP contribution < -0.4 is 0 Å². The Hall–Kier alpha value is -3.12. The second-order valence-electron chi connectivity index (χ2n) is 7.69. The first-order chi connectivity index (χ1) is 13.5. The van der Waals surface area contributed by atoms with Gasteiger partial charge in [-0.05, 0) is 89.4 Å². The van der Waals surface area contributed by atoms with E-state index in [1.165, 1.54) is 55.6 Å². The summed E-state index contributed by atoms with van der Waals surface area (Å²) in [6, 6.07) is 30.9. The molecule has 0 radical (unpaired) electrons. The van der Waals surface area contributed by atoms with Crippen molar-refractivity contribution in [1.82, 2.24) is 0 Å². The minimum absolute atomic E-state index is 1.27.